The molecule has 0 atom stereocenters. The Morgan fingerprint density at radius 3 is 2.42 bits per heavy atom. The van der Waals surface area contributed by atoms with Gasteiger partial charge in [0, 0.05) is 34.6 Å². The Morgan fingerprint density at radius 1 is 1.12 bits per heavy atom. The van der Waals surface area contributed by atoms with Crippen molar-refractivity contribution < 1.29 is 24.5 Å². The number of aliphatic hydroxyl groups is 1. The molecular weight excluding hydrogens is 444 g/mol. The van der Waals surface area contributed by atoms with Crippen molar-refractivity contribution in [1.29, 1.82) is 0 Å². The summed E-state index contributed by atoms with van der Waals surface area (Å²) in [7, 11) is 1.46. The SMILES string of the molecule is CC(C)(C)O.COc1cc(N2CCOc3cc(-c4ccc(Cl)cc4)ncc3C2=O)ccc1O. The van der Waals surface area contributed by atoms with Gasteiger partial charge in [-0.15, -0.1) is 0 Å². The molecule has 8 heteroatoms. The third-order valence-electron chi connectivity index (χ3n) is 4.53. The highest BCUT2D eigenvalue weighted by Crippen LogP contribution is 2.34. The first-order valence-electron chi connectivity index (χ1n) is 10.4. The summed E-state index contributed by atoms with van der Waals surface area (Å²) in [6, 6.07) is 13.8. The molecule has 7 nitrogen and oxygen atoms in total. The van der Waals surface area contributed by atoms with Gasteiger partial charge in [0.15, 0.2) is 11.5 Å². The van der Waals surface area contributed by atoms with Gasteiger partial charge in [0.2, 0.25) is 0 Å². The molecule has 0 radical (unpaired) electrons. The Morgan fingerprint density at radius 2 is 1.79 bits per heavy atom. The second-order valence-corrected chi connectivity index (χ2v) is 8.84. The zero-order valence-electron chi connectivity index (χ0n) is 19.0. The van der Waals surface area contributed by atoms with Crippen molar-refractivity contribution in [3.63, 3.8) is 0 Å². The van der Waals surface area contributed by atoms with E-state index in [1.807, 2.05) is 12.1 Å². The molecule has 0 saturated heterocycles. The second-order valence-electron chi connectivity index (χ2n) is 8.40. The van der Waals surface area contributed by atoms with E-state index in [0.717, 1.165) is 5.56 Å². The van der Waals surface area contributed by atoms with E-state index in [9.17, 15) is 9.90 Å². The molecule has 1 aliphatic heterocycles. The number of hydrogen-bond acceptors (Lipinski definition) is 6. The molecule has 2 aromatic carbocycles. The number of ether oxygens (including phenoxy) is 2. The summed E-state index contributed by atoms with van der Waals surface area (Å²) >= 11 is 5.94. The number of nitrogens with zero attached hydrogens (tertiary/aromatic N) is 2. The first-order valence-corrected chi connectivity index (χ1v) is 10.7. The van der Waals surface area contributed by atoms with Crippen molar-refractivity contribution in [2.24, 2.45) is 0 Å². The van der Waals surface area contributed by atoms with E-state index in [0.29, 0.717) is 46.6 Å². The number of phenols is 1. The fraction of sp³-hybridized carbons (Fsp3) is 0.280. The van der Waals surface area contributed by atoms with Gasteiger partial charge in [0.05, 0.1) is 24.9 Å². The molecular formula is C25H27ClN2O5. The van der Waals surface area contributed by atoms with Crippen LogP contribution in [0.4, 0.5) is 5.69 Å². The number of phenolic OH excluding ortho intramolecular Hbond substituents is 1. The molecule has 0 spiro atoms. The van der Waals surface area contributed by atoms with Gasteiger partial charge in [-0.25, -0.2) is 0 Å². The highest BCUT2D eigenvalue weighted by atomic mass is 35.5. The van der Waals surface area contributed by atoms with E-state index in [1.54, 1.807) is 56.0 Å². The van der Waals surface area contributed by atoms with Crippen LogP contribution in [0.5, 0.6) is 17.2 Å². The third kappa shape index (κ3) is 6.37. The Kier molecular flexibility index (Phi) is 7.46. The zero-order chi connectivity index (χ0) is 24.2. The first kappa shape index (κ1) is 24.4. The average molecular weight is 471 g/mol. The molecule has 0 bridgehead atoms. The van der Waals surface area contributed by atoms with Crippen LogP contribution in [0.1, 0.15) is 31.1 Å². The first-order chi connectivity index (χ1) is 15.6. The van der Waals surface area contributed by atoms with E-state index < -0.39 is 5.60 Å². The molecule has 33 heavy (non-hydrogen) atoms. The lowest BCUT2D eigenvalue weighted by Gasteiger charge is -2.20. The molecule has 3 aromatic rings. The van der Waals surface area contributed by atoms with Gasteiger partial charge < -0.3 is 24.6 Å². The summed E-state index contributed by atoms with van der Waals surface area (Å²) in [5.41, 5.74) is 2.07. The maximum atomic E-state index is 13.1. The van der Waals surface area contributed by atoms with Crippen molar-refractivity contribution in [1.82, 2.24) is 4.98 Å². The normalized spacial score (nSPS) is 13.3. The Labute approximate surface area is 198 Å². The zero-order valence-corrected chi connectivity index (χ0v) is 19.8. The summed E-state index contributed by atoms with van der Waals surface area (Å²) < 4.78 is 11.0. The van der Waals surface area contributed by atoms with Gasteiger partial charge in [-0.3, -0.25) is 9.78 Å². The molecule has 0 saturated carbocycles. The van der Waals surface area contributed by atoms with Crippen LogP contribution in [0.15, 0.2) is 54.7 Å². The minimum absolute atomic E-state index is 0.0134. The van der Waals surface area contributed by atoms with Gasteiger partial charge in [-0.1, -0.05) is 23.7 Å². The predicted octanol–water partition coefficient (Wildman–Crippen LogP) is 4.93. The quantitative estimate of drug-likeness (QED) is 0.563. The van der Waals surface area contributed by atoms with E-state index >= 15 is 0 Å². The lowest BCUT2D eigenvalue weighted by molar-refractivity contribution is 0.0987. The second kappa shape index (κ2) is 10.1. The minimum Gasteiger partial charge on any atom is -0.504 e. The number of carbonyl (C=O) groups is 1. The number of benzene rings is 2. The number of fused-ring (bicyclic) bond motifs is 1. The lowest BCUT2D eigenvalue weighted by Crippen LogP contribution is -2.32. The average Bonchev–Trinajstić information content (AvgIpc) is 2.92. The van der Waals surface area contributed by atoms with Crippen molar-refractivity contribution in [2.45, 2.75) is 26.4 Å². The molecule has 0 fully saturated rings. The van der Waals surface area contributed by atoms with Crippen LogP contribution in [0.2, 0.25) is 5.02 Å². The van der Waals surface area contributed by atoms with Crippen LogP contribution >= 0.6 is 11.6 Å². The number of halogens is 1. The summed E-state index contributed by atoms with van der Waals surface area (Å²) in [4.78, 5) is 19.1. The number of rotatable bonds is 3. The Bertz CT molecular complexity index is 1120. The summed E-state index contributed by atoms with van der Waals surface area (Å²) in [5, 5.41) is 19.0. The van der Waals surface area contributed by atoms with Crippen LogP contribution < -0.4 is 14.4 Å². The van der Waals surface area contributed by atoms with Crippen LogP contribution in [-0.4, -0.2) is 47.0 Å². The van der Waals surface area contributed by atoms with Gasteiger partial charge >= 0.3 is 0 Å². The Hall–Kier alpha value is -3.29. The van der Waals surface area contributed by atoms with Crippen LogP contribution in [0.25, 0.3) is 11.3 Å². The Balaban J connectivity index is 0.000000555. The summed E-state index contributed by atoms with van der Waals surface area (Å²) in [6.45, 7) is 5.91. The van der Waals surface area contributed by atoms with Crippen molar-refractivity contribution >= 4 is 23.2 Å². The van der Waals surface area contributed by atoms with Gasteiger partial charge in [0.1, 0.15) is 17.9 Å². The number of carbonyl (C=O) groups excluding carboxylic acids is 1. The number of anilines is 1. The highest BCUT2D eigenvalue weighted by Gasteiger charge is 2.26. The topological polar surface area (TPSA) is 92.1 Å². The van der Waals surface area contributed by atoms with Crippen LogP contribution in [0, 0.1) is 0 Å². The van der Waals surface area contributed by atoms with Crippen molar-refractivity contribution in [2.75, 3.05) is 25.2 Å². The van der Waals surface area contributed by atoms with Crippen LogP contribution in [-0.2, 0) is 0 Å². The summed E-state index contributed by atoms with van der Waals surface area (Å²) in [5.74, 6) is 0.569. The number of aromatic nitrogens is 1. The van der Waals surface area contributed by atoms with Crippen molar-refractivity contribution in [3.8, 4) is 28.5 Å². The maximum absolute atomic E-state index is 13.1. The van der Waals surface area contributed by atoms with Crippen molar-refractivity contribution in [3.05, 3.63) is 65.3 Å². The fourth-order valence-electron chi connectivity index (χ4n) is 3.07. The monoisotopic (exact) mass is 470 g/mol. The summed E-state index contributed by atoms with van der Waals surface area (Å²) in [6.07, 6.45) is 1.53. The lowest BCUT2D eigenvalue weighted by atomic mass is 10.1. The standard InChI is InChI=1S/C21H17ClN2O4.C4H10O/c1-27-20-10-15(6-7-18(20)25)24-8-9-28-19-11-17(23-12-16(19)21(24)26)13-2-4-14(22)5-3-13;1-4(2,3)5/h2-7,10-12,25H,8-9H2,1H3;5H,1-3H3. The van der Waals surface area contributed by atoms with E-state index in [4.69, 9.17) is 26.2 Å². The van der Waals surface area contributed by atoms with Gasteiger partial charge in [-0.05, 0) is 45.0 Å². The molecule has 2 heterocycles. The molecule has 0 unspecified atom stereocenters. The molecule has 174 valence electrons. The maximum Gasteiger partial charge on any atom is 0.263 e. The van der Waals surface area contributed by atoms with Crippen LogP contribution in [0.3, 0.4) is 0 Å². The molecule has 4 rings (SSSR count). The number of pyridine rings is 1. The number of amides is 1. The minimum atomic E-state index is -0.500. The largest absolute Gasteiger partial charge is 0.504 e. The smallest absolute Gasteiger partial charge is 0.263 e. The van der Waals surface area contributed by atoms with Gasteiger partial charge in [-0.2, -0.15) is 0 Å². The molecule has 1 amide bonds. The van der Waals surface area contributed by atoms with Gasteiger partial charge in [0.25, 0.3) is 5.91 Å². The molecule has 1 aliphatic rings. The molecule has 1 aromatic heterocycles. The molecule has 0 aliphatic carbocycles. The molecule has 2 N–H and O–H groups in total. The number of hydrogen-bond donors (Lipinski definition) is 2. The van der Waals surface area contributed by atoms with E-state index in [1.165, 1.54) is 19.4 Å². The number of aromatic hydroxyl groups is 1. The third-order valence-corrected chi connectivity index (χ3v) is 4.78. The number of methoxy groups -OCH3 is 1. The fourth-order valence-corrected chi connectivity index (χ4v) is 3.20. The highest BCUT2D eigenvalue weighted by molar-refractivity contribution is 6.30. The predicted molar refractivity (Wildman–Crippen MR) is 128 cm³/mol. The van der Waals surface area contributed by atoms with E-state index in [-0.39, 0.29) is 11.7 Å². The van der Waals surface area contributed by atoms with E-state index in [2.05, 4.69) is 4.98 Å².